The molecule has 1 aromatic carbocycles. The molecule has 4 rings (SSSR count). The van der Waals surface area contributed by atoms with Crippen molar-refractivity contribution in [3.63, 3.8) is 0 Å². The molecule has 1 amide bonds. The number of oxazole rings is 1. The monoisotopic (exact) mass is 492 g/mol. The van der Waals surface area contributed by atoms with Crippen LogP contribution >= 0.6 is 11.6 Å². The second-order valence-electron chi connectivity index (χ2n) is 7.92. The van der Waals surface area contributed by atoms with Gasteiger partial charge in [0.2, 0.25) is 15.9 Å². The fourth-order valence-corrected chi connectivity index (χ4v) is 5.79. The molecule has 2 aromatic heterocycles. The molecule has 0 N–H and O–H groups in total. The Bertz CT molecular complexity index is 1220. The minimum absolute atomic E-state index is 0.0576. The maximum absolute atomic E-state index is 13.1. The van der Waals surface area contributed by atoms with Crippen LogP contribution in [0.5, 0.6) is 0 Å². The predicted molar refractivity (Wildman–Crippen MR) is 121 cm³/mol. The van der Waals surface area contributed by atoms with E-state index in [1.807, 2.05) is 12.1 Å². The molecule has 11 heteroatoms. The molecular formula is C22H25ClN4O5S. The Hall–Kier alpha value is -2.69. The summed E-state index contributed by atoms with van der Waals surface area (Å²) < 4.78 is 38.3. The fraction of sp³-hybridized carbons (Fsp3) is 0.409. The van der Waals surface area contributed by atoms with Gasteiger partial charge in [-0.15, -0.1) is 0 Å². The second-order valence-corrected chi connectivity index (χ2v) is 10.2. The molecule has 0 radical (unpaired) electrons. The third-order valence-electron chi connectivity index (χ3n) is 5.61. The molecular weight excluding hydrogens is 468 g/mol. The van der Waals surface area contributed by atoms with E-state index >= 15 is 0 Å². The van der Waals surface area contributed by atoms with Gasteiger partial charge in [0.15, 0.2) is 17.4 Å². The number of benzene rings is 1. The van der Waals surface area contributed by atoms with E-state index in [1.165, 1.54) is 4.31 Å². The Morgan fingerprint density at radius 3 is 2.58 bits per heavy atom. The second kappa shape index (κ2) is 9.66. The van der Waals surface area contributed by atoms with Crippen molar-refractivity contribution >= 4 is 27.5 Å². The number of carbonyl (C=O) groups excluding carboxylic acids is 1. The summed E-state index contributed by atoms with van der Waals surface area (Å²) in [5.74, 6) is 1.31. The first-order chi connectivity index (χ1) is 15.8. The van der Waals surface area contributed by atoms with Crippen molar-refractivity contribution in [3.05, 3.63) is 52.8 Å². The van der Waals surface area contributed by atoms with Crippen molar-refractivity contribution in [2.75, 3.05) is 26.2 Å². The molecule has 3 heterocycles. The molecule has 0 atom stereocenters. The van der Waals surface area contributed by atoms with Crippen LogP contribution in [0, 0.1) is 13.8 Å². The average Bonchev–Trinajstić information content (AvgIpc) is 3.29. The Morgan fingerprint density at radius 2 is 1.88 bits per heavy atom. The zero-order chi connectivity index (χ0) is 23.6. The van der Waals surface area contributed by atoms with E-state index in [0.29, 0.717) is 54.8 Å². The number of hydrogen-bond donors (Lipinski definition) is 0. The molecule has 176 valence electrons. The van der Waals surface area contributed by atoms with E-state index in [-0.39, 0.29) is 29.5 Å². The minimum Gasteiger partial charge on any atom is -0.441 e. The van der Waals surface area contributed by atoms with Gasteiger partial charge < -0.3 is 13.8 Å². The van der Waals surface area contributed by atoms with Crippen molar-refractivity contribution < 1.29 is 22.2 Å². The Balaban J connectivity index is 1.34. The van der Waals surface area contributed by atoms with Crippen molar-refractivity contribution in [2.24, 2.45) is 0 Å². The van der Waals surface area contributed by atoms with Crippen molar-refractivity contribution in [3.8, 4) is 11.3 Å². The minimum atomic E-state index is -3.73. The van der Waals surface area contributed by atoms with E-state index in [9.17, 15) is 13.2 Å². The first-order valence-corrected chi connectivity index (χ1v) is 12.5. The maximum Gasteiger partial charge on any atom is 0.248 e. The highest BCUT2D eigenvalue weighted by Gasteiger charge is 2.32. The molecule has 33 heavy (non-hydrogen) atoms. The zero-order valence-corrected chi connectivity index (χ0v) is 20.0. The number of rotatable bonds is 6. The lowest BCUT2D eigenvalue weighted by molar-refractivity contribution is -0.131. The van der Waals surface area contributed by atoms with Gasteiger partial charge in [-0.25, -0.2) is 13.4 Å². The van der Waals surface area contributed by atoms with Crippen LogP contribution in [-0.2, 0) is 21.2 Å². The first kappa shape index (κ1) is 23.5. The van der Waals surface area contributed by atoms with Gasteiger partial charge in [-0.1, -0.05) is 16.8 Å². The lowest BCUT2D eigenvalue weighted by atomic mass is 10.2. The van der Waals surface area contributed by atoms with Crippen LogP contribution in [0.4, 0.5) is 0 Å². The average molecular weight is 493 g/mol. The third-order valence-corrected chi connectivity index (χ3v) is 8.00. The van der Waals surface area contributed by atoms with Crippen molar-refractivity contribution in [1.29, 1.82) is 0 Å². The van der Waals surface area contributed by atoms with Gasteiger partial charge in [0.1, 0.15) is 10.6 Å². The molecule has 0 unspecified atom stereocenters. The molecule has 1 aliphatic heterocycles. The standard InChI is InChI=1S/C22H25ClN4O5S/c1-15-22(16(2)32-25-15)33(29,30)27-11-3-10-26(12-13-27)21(28)9-8-20-24-14-19(31-20)17-4-6-18(23)7-5-17/h4-7,14H,3,8-13H2,1-2H3. The number of hydrogen-bond acceptors (Lipinski definition) is 7. The van der Waals surface area contributed by atoms with Gasteiger partial charge in [0.25, 0.3) is 0 Å². The lowest BCUT2D eigenvalue weighted by Crippen LogP contribution is -2.37. The normalized spacial score (nSPS) is 15.5. The molecule has 0 aliphatic carbocycles. The van der Waals surface area contributed by atoms with Crippen molar-refractivity contribution in [2.45, 2.75) is 38.0 Å². The van der Waals surface area contributed by atoms with Gasteiger partial charge in [0, 0.05) is 49.6 Å². The van der Waals surface area contributed by atoms with Crippen LogP contribution in [0.2, 0.25) is 5.02 Å². The first-order valence-electron chi connectivity index (χ1n) is 10.7. The molecule has 9 nitrogen and oxygen atoms in total. The maximum atomic E-state index is 13.1. The molecule has 1 saturated heterocycles. The summed E-state index contributed by atoms with van der Waals surface area (Å²) in [6.45, 7) is 4.56. The quantitative estimate of drug-likeness (QED) is 0.518. The number of nitrogens with zero attached hydrogens (tertiary/aromatic N) is 4. The van der Waals surface area contributed by atoms with Crippen LogP contribution in [0.15, 0.2) is 44.3 Å². The van der Waals surface area contributed by atoms with Gasteiger partial charge in [-0.2, -0.15) is 4.31 Å². The van der Waals surface area contributed by atoms with Crippen molar-refractivity contribution in [1.82, 2.24) is 19.3 Å². The number of amides is 1. The molecule has 1 fully saturated rings. The van der Waals surface area contributed by atoms with E-state index < -0.39 is 10.0 Å². The molecule has 3 aromatic rings. The molecule has 0 saturated carbocycles. The topological polar surface area (TPSA) is 110 Å². The van der Waals surface area contributed by atoms with Gasteiger partial charge in [0.05, 0.1) is 6.20 Å². The molecule has 0 spiro atoms. The number of halogens is 1. The summed E-state index contributed by atoms with van der Waals surface area (Å²) in [6.07, 6.45) is 2.78. The van der Waals surface area contributed by atoms with E-state index in [4.69, 9.17) is 20.5 Å². The Labute approximate surface area is 197 Å². The zero-order valence-electron chi connectivity index (χ0n) is 18.5. The van der Waals surface area contributed by atoms with Gasteiger partial charge >= 0.3 is 0 Å². The molecule has 1 aliphatic rings. The predicted octanol–water partition coefficient (Wildman–Crippen LogP) is 3.46. The SMILES string of the molecule is Cc1noc(C)c1S(=O)(=O)N1CCCN(C(=O)CCc2ncc(-c3ccc(Cl)cc3)o2)CC1. The fourth-order valence-electron chi connectivity index (χ4n) is 3.90. The molecule has 0 bridgehead atoms. The van der Waals surface area contributed by atoms with Crippen LogP contribution < -0.4 is 0 Å². The summed E-state index contributed by atoms with van der Waals surface area (Å²) in [5.41, 5.74) is 1.20. The smallest absolute Gasteiger partial charge is 0.248 e. The third kappa shape index (κ3) is 5.13. The summed E-state index contributed by atoms with van der Waals surface area (Å²) >= 11 is 5.92. The summed E-state index contributed by atoms with van der Waals surface area (Å²) in [5, 5.41) is 4.39. The number of carbonyl (C=O) groups is 1. The number of sulfonamides is 1. The number of aromatic nitrogens is 2. The summed E-state index contributed by atoms with van der Waals surface area (Å²) in [7, 11) is -3.73. The highest BCUT2D eigenvalue weighted by molar-refractivity contribution is 7.89. The summed E-state index contributed by atoms with van der Waals surface area (Å²) in [4.78, 5) is 18.9. The van der Waals surface area contributed by atoms with Gasteiger partial charge in [-0.05, 0) is 44.5 Å². The highest BCUT2D eigenvalue weighted by atomic mass is 35.5. The van der Waals surface area contributed by atoms with E-state index in [0.717, 1.165) is 5.56 Å². The van der Waals surface area contributed by atoms with E-state index in [2.05, 4.69) is 10.1 Å². The Morgan fingerprint density at radius 1 is 1.12 bits per heavy atom. The van der Waals surface area contributed by atoms with Crippen LogP contribution in [0.3, 0.4) is 0 Å². The van der Waals surface area contributed by atoms with Crippen LogP contribution in [0.25, 0.3) is 11.3 Å². The van der Waals surface area contributed by atoms with E-state index in [1.54, 1.807) is 37.1 Å². The lowest BCUT2D eigenvalue weighted by Gasteiger charge is -2.21. The van der Waals surface area contributed by atoms with Gasteiger partial charge in [-0.3, -0.25) is 4.79 Å². The van der Waals surface area contributed by atoms with Crippen LogP contribution in [-0.4, -0.2) is 59.8 Å². The summed E-state index contributed by atoms with van der Waals surface area (Å²) in [6, 6.07) is 7.24. The number of aryl methyl sites for hydroxylation is 3. The Kier molecular flexibility index (Phi) is 6.87. The largest absolute Gasteiger partial charge is 0.441 e. The highest BCUT2D eigenvalue weighted by Crippen LogP contribution is 2.25. The van der Waals surface area contributed by atoms with Crippen LogP contribution in [0.1, 0.15) is 30.2 Å².